The van der Waals surface area contributed by atoms with Crippen molar-refractivity contribution in [1.29, 1.82) is 0 Å². The molecule has 9 heteroatoms. The first-order valence-corrected chi connectivity index (χ1v) is 11.7. The summed E-state index contributed by atoms with van der Waals surface area (Å²) in [5.74, 6) is 3.07. The smallest absolute Gasteiger partial charge is 0.300 e. The second kappa shape index (κ2) is 7.11. The minimum Gasteiger partial charge on any atom is -0.300 e. The highest BCUT2D eigenvalue weighted by atomic mass is 32.2. The molecular formula is C20H26F5N3S. The summed E-state index contributed by atoms with van der Waals surface area (Å²) >= 11 is 2.05. The van der Waals surface area contributed by atoms with Crippen molar-refractivity contribution < 1.29 is 22.0 Å². The molecule has 0 N–H and O–H groups in total. The van der Waals surface area contributed by atoms with Crippen LogP contribution >= 0.6 is 11.8 Å². The maximum absolute atomic E-state index is 13.1. The SMILES string of the molecule is FC(F)Cn1nc(C(F)(F)F)cc1C1[C@@H]2CC(N3CCC[C@@]4(CCSC4)C3)C[C@@H]12. The van der Waals surface area contributed by atoms with Crippen LogP contribution in [0.3, 0.4) is 0 Å². The van der Waals surface area contributed by atoms with Gasteiger partial charge in [0.15, 0.2) is 5.69 Å². The van der Waals surface area contributed by atoms with E-state index in [2.05, 4.69) is 21.8 Å². The summed E-state index contributed by atoms with van der Waals surface area (Å²) in [5.41, 5.74) is -0.230. The van der Waals surface area contributed by atoms with Crippen LogP contribution in [0.25, 0.3) is 0 Å². The van der Waals surface area contributed by atoms with E-state index >= 15 is 0 Å². The van der Waals surface area contributed by atoms with Crippen LogP contribution < -0.4 is 0 Å². The van der Waals surface area contributed by atoms with Crippen molar-refractivity contribution in [2.45, 2.75) is 63.2 Å². The minimum atomic E-state index is -4.60. The first-order chi connectivity index (χ1) is 13.8. The molecule has 162 valence electrons. The lowest BCUT2D eigenvalue weighted by atomic mass is 9.79. The summed E-state index contributed by atoms with van der Waals surface area (Å²) in [7, 11) is 0. The molecule has 1 spiro atoms. The molecule has 4 fully saturated rings. The molecule has 2 aliphatic carbocycles. The number of alkyl halides is 5. The van der Waals surface area contributed by atoms with Crippen molar-refractivity contribution in [3.05, 3.63) is 17.5 Å². The van der Waals surface area contributed by atoms with Gasteiger partial charge in [-0.15, -0.1) is 0 Å². The van der Waals surface area contributed by atoms with Gasteiger partial charge < -0.3 is 0 Å². The highest BCUT2D eigenvalue weighted by Gasteiger charge is 2.59. The average Bonchev–Trinajstić information content (AvgIpc) is 3.10. The molecule has 0 bridgehead atoms. The van der Waals surface area contributed by atoms with E-state index in [1.54, 1.807) is 0 Å². The number of halogens is 5. The summed E-state index contributed by atoms with van der Waals surface area (Å²) < 4.78 is 65.9. The predicted octanol–water partition coefficient (Wildman–Crippen LogP) is 4.88. The number of rotatable bonds is 4. The Kier molecular flexibility index (Phi) is 4.92. The molecule has 2 saturated heterocycles. The van der Waals surface area contributed by atoms with Gasteiger partial charge in [-0.2, -0.15) is 30.0 Å². The van der Waals surface area contributed by atoms with Crippen molar-refractivity contribution in [3.8, 4) is 0 Å². The van der Waals surface area contributed by atoms with Gasteiger partial charge in [0.1, 0.15) is 6.54 Å². The monoisotopic (exact) mass is 435 g/mol. The van der Waals surface area contributed by atoms with Gasteiger partial charge in [0.25, 0.3) is 6.43 Å². The zero-order valence-corrected chi connectivity index (χ0v) is 17.0. The Labute approximate surface area is 171 Å². The number of piperidine rings is 1. The van der Waals surface area contributed by atoms with E-state index < -0.39 is 24.8 Å². The highest BCUT2D eigenvalue weighted by molar-refractivity contribution is 7.99. The third kappa shape index (κ3) is 3.70. The van der Waals surface area contributed by atoms with Gasteiger partial charge in [-0.3, -0.25) is 9.58 Å². The lowest BCUT2D eigenvalue weighted by Crippen LogP contribution is -2.47. The van der Waals surface area contributed by atoms with Crippen molar-refractivity contribution in [2.24, 2.45) is 17.3 Å². The molecule has 2 aliphatic heterocycles. The highest BCUT2D eigenvalue weighted by Crippen LogP contribution is 2.64. The molecule has 0 aromatic carbocycles. The molecule has 2 saturated carbocycles. The van der Waals surface area contributed by atoms with E-state index in [9.17, 15) is 22.0 Å². The van der Waals surface area contributed by atoms with Gasteiger partial charge >= 0.3 is 6.18 Å². The van der Waals surface area contributed by atoms with Gasteiger partial charge in [-0.05, 0) is 67.7 Å². The van der Waals surface area contributed by atoms with Gasteiger partial charge in [-0.1, -0.05) is 0 Å². The topological polar surface area (TPSA) is 21.1 Å². The molecule has 5 rings (SSSR count). The van der Waals surface area contributed by atoms with Crippen molar-refractivity contribution in [2.75, 3.05) is 24.6 Å². The minimum absolute atomic E-state index is 0.0469. The Balaban J connectivity index is 1.27. The number of fused-ring (bicyclic) bond motifs is 1. The lowest BCUT2D eigenvalue weighted by molar-refractivity contribution is -0.141. The Morgan fingerprint density at radius 1 is 1.21 bits per heavy atom. The molecule has 3 nitrogen and oxygen atoms in total. The van der Waals surface area contributed by atoms with Gasteiger partial charge in [0.05, 0.1) is 0 Å². The summed E-state index contributed by atoms with van der Waals surface area (Å²) in [6.07, 6.45) is -1.54. The van der Waals surface area contributed by atoms with E-state index in [0.29, 0.717) is 29.0 Å². The number of likely N-dealkylation sites (tertiary alicyclic amines) is 1. The van der Waals surface area contributed by atoms with Gasteiger partial charge in [0, 0.05) is 30.0 Å². The number of thioether (sulfide) groups is 1. The Morgan fingerprint density at radius 3 is 2.59 bits per heavy atom. The van der Waals surface area contributed by atoms with E-state index in [4.69, 9.17) is 0 Å². The van der Waals surface area contributed by atoms with Gasteiger partial charge in [-0.25, -0.2) is 8.78 Å². The molecule has 4 aliphatic rings. The first kappa shape index (κ1) is 20.1. The lowest BCUT2D eigenvalue weighted by Gasteiger charge is -2.43. The first-order valence-electron chi connectivity index (χ1n) is 10.5. The fourth-order valence-corrected chi connectivity index (χ4v) is 7.73. The zero-order valence-electron chi connectivity index (χ0n) is 16.2. The second-order valence-corrected chi connectivity index (χ2v) is 10.5. The number of aromatic nitrogens is 2. The third-order valence-electron chi connectivity index (χ3n) is 7.57. The Hall–Kier alpha value is -0.830. The summed E-state index contributed by atoms with van der Waals surface area (Å²) in [6.45, 7) is 1.50. The third-order valence-corrected chi connectivity index (χ3v) is 8.88. The van der Waals surface area contributed by atoms with Crippen molar-refractivity contribution >= 4 is 11.8 Å². The Bertz CT molecular complexity index is 746. The summed E-state index contributed by atoms with van der Waals surface area (Å²) in [5, 5.41) is 3.47. The molecule has 3 heterocycles. The maximum atomic E-state index is 13.1. The van der Waals surface area contributed by atoms with Crippen LogP contribution in [-0.2, 0) is 12.7 Å². The van der Waals surface area contributed by atoms with Crippen LogP contribution in [0.5, 0.6) is 0 Å². The standard InChI is InChI=1S/C20H26F5N3S/c21-17(22)9-28-15(8-16(26-28)20(23,24)25)18-13-6-12(7-14(13)18)27-4-1-2-19(10-27)3-5-29-11-19/h8,12-14,17-18H,1-7,9-11H2/t12?,13-,14-,18?,19-/m1/s1. The van der Waals surface area contributed by atoms with E-state index in [-0.39, 0.29) is 5.92 Å². The maximum Gasteiger partial charge on any atom is 0.435 e. The number of hydrogen-bond acceptors (Lipinski definition) is 3. The van der Waals surface area contributed by atoms with Crippen LogP contribution in [-0.4, -0.2) is 51.7 Å². The molecule has 29 heavy (non-hydrogen) atoms. The van der Waals surface area contributed by atoms with Crippen LogP contribution in [0.4, 0.5) is 22.0 Å². The molecule has 0 radical (unpaired) electrons. The van der Waals surface area contributed by atoms with Crippen LogP contribution in [0.15, 0.2) is 6.07 Å². The molecule has 3 atom stereocenters. The fraction of sp³-hybridized carbons (Fsp3) is 0.850. The van der Waals surface area contributed by atoms with E-state index in [0.717, 1.165) is 36.7 Å². The molecule has 0 amide bonds. The molecular weight excluding hydrogens is 409 g/mol. The van der Waals surface area contributed by atoms with Crippen molar-refractivity contribution in [1.82, 2.24) is 14.7 Å². The number of nitrogens with zero attached hydrogens (tertiary/aromatic N) is 3. The quantitative estimate of drug-likeness (QED) is 0.629. The van der Waals surface area contributed by atoms with E-state index in [1.165, 1.54) is 30.8 Å². The Morgan fingerprint density at radius 2 is 1.97 bits per heavy atom. The average molecular weight is 436 g/mol. The number of hydrogen-bond donors (Lipinski definition) is 0. The van der Waals surface area contributed by atoms with Crippen LogP contribution in [0.2, 0.25) is 0 Å². The van der Waals surface area contributed by atoms with Gasteiger partial charge in [0.2, 0.25) is 0 Å². The van der Waals surface area contributed by atoms with Crippen molar-refractivity contribution in [3.63, 3.8) is 0 Å². The molecule has 1 aromatic rings. The molecule has 0 unspecified atom stereocenters. The van der Waals surface area contributed by atoms with Crippen LogP contribution in [0.1, 0.15) is 49.4 Å². The largest absolute Gasteiger partial charge is 0.435 e. The fourth-order valence-electron chi connectivity index (χ4n) is 6.19. The summed E-state index contributed by atoms with van der Waals surface area (Å²) in [6, 6.07) is 1.50. The second-order valence-electron chi connectivity index (χ2n) is 9.38. The van der Waals surface area contributed by atoms with Crippen LogP contribution in [0, 0.1) is 17.3 Å². The predicted molar refractivity (Wildman–Crippen MR) is 101 cm³/mol. The zero-order chi connectivity index (χ0) is 20.4. The normalized spacial score (nSPS) is 35.7. The summed E-state index contributed by atoms with van der Waals surface area (Å²) in [4.78, 5) is 2.62. The van der Waals surface area contributed by atoms with E-state index in [1.807, 2.05) is 0 Å². The molecule has 1 aromatic heterocycles.